The molecule has 0 bridgehead atoms. The summed E-state index contributed by atoms with van der Waals surface area (Å²) >= 11 is 0. The Hall–Kier alpha value is -0.900. The summed E-state index contributed by atoms with van der Waals surface area (Å²) < 4.78 is 0. The number of imide groups is 1. The van der Waals surface area contributed by atoms with Gasteiger partial charge in [-0.25, -0.2) is 0 Å². The summed E-state index contributed by atoms with van der Waals surface area (Å²) in [4.78, 5) is 24.6. The molecular weight excluding hydrogens is 192 g/mol. The lowest BCUT2D eigenvalue weighted by Crippen LogP contribution is -2.43. The molecule has 0 spiro atoms. The first-order valence-electron chi connectivity index (χ1n) is 5.74. The van der Waals surface area contributed by atoms with Crippen LogP contribution in [0.2, 0.25) is 0 Å². The number of carbonyl (C=O) groups is 2. The zero-order valence-electron chi connectivity index (χ0n) is 9.37. The fourth-order valence-corrected chi connectivity index (χ4v) is 1.86. The summed E-state index contributed by atoms with van der Waals surface area (Å²) in [6.45, 7) is 2.44. The molecule has 4 nitrogen and oxygen atoms in total. The van der Waals surface area contributed by atoms with Gasteiger partial charge < -0.3 is 5.73 Å². The largest absolute Gasteiger partial charge is 0.326 e. The van der Waals surface area contributed by atoms with E-state index in [0.717, 1.165) is 25.7 Å². The molecule has 1 atom stereocenters. The van der Waals surface area contributed by atoms with Gasteiger partial charge in [0, 0.05) is 25.4 Å². The van der Waals surface area contributed by atoms with E-state index in [1.54, 1.807) is 0 Å². The quantitative estimate of drug-likeness (QED) is 0.708. The van der Waals surface area contributed by atoms with E-state index in [1.165, 1.54) is 4.90 Å². The van der Waals surface area contributed by atoms with Crippen molar-refractivity contribution in [3.05, 3.63) is 0 Å². The Bertz CT molecular complexity index is 223. The van der Waals surface area contributed by atoms with Gasteiger partial charge in [0.15, 0.2) is 0 Å². The first-order valence-corrected chi connectivity index (χ1v) is 5.74. The molecule has 1 fully saturated rings. The Morgan fingerprint density at radius 3 is 2.27 bits per heavy atom. The third kappa shape index (κ3) is 3.63. The molecule has 1 saturated heterocycles. The van der Waals surface area contributed by atoms with Gasteiger partial charge in [0.25, 0.3) is 0 Å². The number of hydrogen-bond acceptors (Lipinski definition) is 3. The number of carbonyl (C=O) groups excluding carboxylic acids is 2. The van der Waals surface area contributed by atoms with Gasteiger partial charge in [0.1, 0.15) is 0 Å². The van der Waals surface area contributed by atoms with Crippen LogP contribution in [0.25, 0.3) is 0 Å². The van der Waals surface area contributed by atoms with Crippen LogP contribution in [0.3, 0.4) is 0 Å². The van der Waals surface area contributed by atoms with Crippen molar-refractivity contribution in [3.63, 3.8) is 0 Å². The molecule has 0 aliphatic carbocycles. The second-order valence-corrected chi connectivity index (χ2v) is 4.15. The second-order valence-electron chi connectivity index (χ2n) is 4.15. The molecule has 86 valence electrons. The van der Waals surface area contributed by atoms with Crippen LogP contribution in [-0.2, 0) is 9.59 Å². The number of hydrogen-bond donors (Lipinski definition) is 1. The van der Waals surface area contributed by atoms with Gasteiger partial charge in [0.2, 0.25) is 11.8 Å². The van der Waals surface area contributed by atoms with Crippen LogP contribution in [0.15, 0.2) is 0 Å². The molecule has 1 aliphatic heterocycles. The molecular formula is C11H20N2O2. The molecule has 1 heterocycles. The average molecular weight is 212 g/mol. The van der Waals surface area contributed by atoms with Gasteiger partial charge in [0.05, 0.1) is 0 Å². The minimum Gasteiger partial charge on any atom is -0.326 e. The molecule has 4 heteroatoms. The van der Waals surface area contributed by atoms with Crippen molar-refractivity contribution in [2.75, 3.05) is 6.54 Å². The second kappa shape index (κ2) is 5.85. The SMILES string of the molecule is CCCC(N)CN1C(=O)CCCCC1=O. The van der Waals surface area contributed by atoms with Crippen LogP contribution >= 0.6 is 0 Å². The zero-order valence-corrected chi connectivity index (χ0v) is 9.37. The Kier molecular flexibility index (Phi) is 4.75. The van der Waals surface area contributed by atoms with Crippen LogP contribution in [0.5, 0.6) is 0 Å². The van der Waals surface area contributed by atoms with Crippen molar-refractivity contribution in [1.29, 1.82) is 0 Å². The molecule has 1 aliphatic rings. The topological polar surface area (TPSA) is 63.4 Å². The molecule has 2 N–H and O–H groups in total. The third-order valence-corrected chi connectivity index (χ3v) is 2.71. The maximum atomic E-state index is 11.6. The first kappa shape index (κ1) is 12.2. The maximum absolute atomic E-state index is 11.6. The van der Waals surface area contributed by atoms with Crippen molar-refractivity contribution in [1.82, 2.24) is 4.90 Å². The summed E-state index contributed by atoms with van der Waals surface area (Å²) in [6.07, 6.45) is 4.47. The number of rotatable bonds is 4. The van der Waals surface area contributed by atoms with Gasteiger partial charge in [-0.3, -0.25) is 14.5 Å². The zero-order chi connectivity index (χ0) is 11.3. The van der Waals surface area contributed by atoms with E-state index in [0.29, 0.717) is 19.4 Å². The molecule has 1 rings (SSSR count). The summed E-state index contributed by atoms with van der Waals surface area (Å²) in [7, 11) is 0. The number of amides is 2. The van der Waals surface area contributed by atoms with E-state index in [9.17, 15) is 9.59 Å². The van der Waals surface area contributed by atoms with Gasteiger partial charge in [-0.15, -0.1) is 0 Å². The van der Waals surface area contributed by atoms with Crippen LogP contribution < -0.4 is 5.73 Å². The molecule has 0 aromatic carbocycles. The highest BCUT2D eigenvalue weighted by Crippen LogP contribution is 2.13. The number of nitrogens with two attached hydrogens (primary N) is 1. The predicted octanol–water partition coefficient (Wildman–Crippen LogP) is 1.04. The highest BCUT2D eigenvalue weighted by molar-refractivity contribution is 5.96. The summed E-state index contributed by atoms with van der Waals surface area (Å²) in [5, 5.41) is 0. The predicted molar refractivity (Wildman–Crippen MR) is 58.1 cm³/mol. The Morgan fingerprint density at radius 1 is 1.27 bits per heavy atom. The van der Waals surface area contributed by atoms with Crippen LogP contribution in [0.1, 0.15) is 45.4 Å². The summed E-state index contributed by atoms with van der Waals surface area (Å²) in [6, 6.07) is -0.0685. The maximum Gasteiger partial charge on any atom is 0.229 e. The first-order chi connectivity index (χ1) is 7.15. The minimum absolute atomic E-state index is 0.0518. The smallest absolute Gasteiger partial charge is 0.229 e. The highest BCUT2D eigenvalue weighted by atomic mass is 16.2. The number of nitrogens with zero attached hydrogens (tertiary/aromatic N) is 1. The van der Waals surface area contributed by atoms with Crippen molar-refractivity contribution >= 4 is 11.8 Å². The van der Waals surface area contributed by atoms with Gasteiger partial charge in [-0.2, -0.15) is 0 Å². The van der Waals surface area contributed by atoms with E-state index >= 15 is 0 Å². The van der Waals surface area contributed by atoms with Crippen LogP contribution in [-0.4, -0.2) is 29.3 Å². The fraction of sp³-hybridized carbons (Fsp3) is 0.818. The molecule has 0 aromatic heterocycles. The molecule has 15 heavy (non-hydrogen) atoms. The molecule has 1 unspecified atom stereocenters. The highest BCUT2D eigenvalue weighted by Gasteiger charge is 2.25. The Morgan fingerprint density at radius 2 is 1.80 bits per heavy atom. The third-order valence-electron chi connectivity index (χ3n) is 2.71. The molecule has 0 aromatic rings. The van der Waals surface area contributed by atoms with Crippen molar-refractivity contribution in [3.8, 4) is 0 Å². The molecule has 2 amide bonds. The van der Waals surface area contributed by atoms with E-state index in [4.69, 9.17) is 5.73 Å². The lowest BCUT2D eigenvalue weighted by molar-refractivity contribution is -0.144. The van der Waals surface area contributed by atoms with Gasteiger partial charge >= 0.3 is 0 Å². The summed E-state index contributed by atoms with van der Waals surface area (Å²) in [5.41, 5.74) is 5.84. The van der Waals surface area contributed by atoms with E-state index in [-0.39, 0.29) is 17.9 Å². The molecule has 0 radical (unpaired) electrons. The Balaban J connectivity index is 2.55. The van der Waals surface area contributed by atoms with Crippen LogP contribution in [0.4, 0.5) is 0 Å². The van der Waals surface area contributed by atoms with Crippen LogP contribution in [0, 0.1) is 0 Å². The van der Waals surface area contributed by atoms with E-state index in [1.807, 2.05) is 6.92 Å². The van der Waals surface area contributed by atoms with Crippen molar-refractivity contribution < 1.29 is 9.59 Å². The van der Waals surface area contributed by atoms with Gasteiger partial charge in [-0.1, -0.05) is 13.3 Å². The fourth-order valence-electron chi connectivity index (χ4n) is 1.86. The standard InChI is InChI=1S/C11H20N2O2/c1-2-5-9(12)8-13-10(14)6-3-4-7-11(13)15/h9H,2-8,12H2,1H3. The molecule has 0 saturated carbocycles. The lowest BCUT2D eigenvalue weighted by atomic mass is 10.1. The monoisotopic (exact) mass is 212 g/mol. The van der Waals surface area contributed by atoms with E-state index in [2.05, 4.69) is 0 Å². The minimum atomic E-state index is -0.0685. The summed E-state index contributed by atoms with van der Waals surface area (Å²) in [5.74, 6) is -0.104. The van der Waals surface area contributed by atoms with E-state index < -0.39 is 0 Å². The van der Waals surface area contributed by atoms with Gasteiger partial charge in [-0.05, 0) is 19.3 Å². The average Bonchev–Trinajstić information content (AvgIpc) is 2.33. The normalized spacial score (nSPS) is 20.3. The van der Waals surface area contributed by atoms with Crippen molar-refractivity contribution in [2.45, 2.75) is 51.5 Å². The van der Waals surface area contributed by atoms with Crippen molar-refractivity contribution in [2.24, 2.45) is 5.73 Å². The number of likely N-dealkylation sites (tertiary alicyclic amines) is 1. The Labute approximate surface area is 90.8 Å². The lowest BCUT2D eigenvalue weighted by Gasteiger charge is -2.22.